The van der Waals surface area contributed by atoms with Crippen LogP contribution >= 0.6 is 0 Å². The molecule has 0 spiro atoms. The Morgan fingerprint density at radius 3 is 2.67 bits per heavy atom. The van der Waals surface area contributed by atoms with Gasteiger partial charge in [0.05, 0.1) is 0 Å². The minimum absolute atomic E-state index is 0.380. The van der Waals surface area contributed by atoms with E-state index in [0.29, 0.717) is 18.4 Å². The van der Waals surface area contributed by atoms with E-state index in [9.17, 15) is 4.79 Å². The average molecular weight is 285 g/mol. The molecular weight excluding hydrogens is 258 g/mol. The summed E-state index contributed by atoms with van der Waals surface area (Å²) in [5, 5.41) is 0. The van der Waals surface area contributed by atoms with Crippen molar-refractivity contribution in [1.82, 2.24) is 0 Å². The van der Waals surface area contributed by atoms with Crippen LogP contribution in [0.3, 0.4) is 0 Å². The second-order valence-electron chi connectivity index (χ2n) is 6.31. The predicted octanol–water partition coefficient (Wildman–Crippen LogP) is 4.13. The molecule has 1 aromatic carbocycles. The summed E-state index contributed by atoms with van der Waals surface area (Å²) in [4.78, 5) is 10.3. The van der Waals surface area contributed by atoms with Crippen LogP contribution in [0, 0.1) is 5.92 Å². The van der Waals surface area contributed by atoms with E-state index in [0.717, 1.165) is 44.8 Å². The fourth-order valence-electron chi connectivity index (χ4n) is 3.09. The van der Waals surface area contributed by atoms with Crippen LogP contribution < -0.4 is 5.73 Å². The predicted molar refractivity (Wildman–Crippen MR) is 89.0 cm³/mol. The summed E-state index contributed by atoms with van der Waals surface area (Å²) in [6.07, 6.45) is 10.5. The normalized spacial score (nSPS) is 24.2. The Bertz CT molecular complexity index is 475. The van der Waals surface area contributed by atoms with Crippen LogP contribution in [0.5, 0.6) is 0 Å². The van der Waals surface area contributed by atoms with Crippen LogP contribution in [0.2, 0.25) is 0 Å². The molecule has 0 aliphatic heterocycles. The van der Waals surface area contributed by atoms with E-state index in [4.69, 9.17) is 5.73 Å². The van der Waals surface area contributed by atoms with Crippen molar-refractivity contribution in [2.45, 2.75) is 57.9 Å². The van der Waals surface area contributed by atoms with Crippen molar-refractivity contribution in [2.75, 3.05) is 0 Å². The highest BCUT2D eigenvalue weighted by molar-refractivity contribution is 5.54. The summed E-state index contributed by atoms with van der Waals surface area (Å²) in [6.45, 7) is 2.28. The van der Waals surface area contributed by atoms with Crippen LogP contribution in [0.1, 0.15) is 56.6 Å². The molecule has 1 aliphatic rings. The topological polar surface area (TPSA) is 43.1 Å². The van der Waals surface area contributed by atoms with Crippen molar-refractivity contribution in [2.24, 2.45) is 11.7 Å². The zero-order valence-corrected chi connectivity index (χ0v) is 13.1. The van der Waals surface area contributed by atoms with Gasteiger partial charge in [0.2, 0.25) is 0 Å². The number of carbonyl (C=O) groups is 1. The fraction of sp³-hybridized carbons (Fsp3) is 0.526. The molecule has 114 valence electrons. The lowest BCUT2D eigenvalue weighted by Gasteiger charge is -2.26. The SMILES string of the molecule is CC1CC(N)CCC1=Cc1ccc(CCCCC=O)cc1. The Kier molecular flexibility index (Phi) is 6.19. The van der Waals surface area contributed by atoms with Gasteiger partial charge in [-0.2, -0.15) is 0 Å². The third kappa shape index (κ3) is 5.13. The van der Waals surface area contributed by atoms with Gasteiger partial charge in [-0.05, 0) is 55.6 Å². The first-order valence-corrected chi connectivity index (χ1v) is 8.17. The number of benzene rings is 1. The average Bonchev–Trinajstić information content (AvgIpc) is 2.48. The summed E-state index contributed by atoms with van der Waals surface area (Å²) in [6, 6.07) is 9.23. The third-order valence-electron chi connectivity index (χ3n) is 4.46. The van der Waals surface area contributed by atoms with Crippen LogP contribution in [0.4, 0.5) is 0 Å². The number of rotatable bonds is 6. The van der Waals surface area contributed by atoms with Gasteiger partial charge in [-0.1, -0.05) is 42.8 Å². The van der Waals surface area contributed by atoms with Gasteiger partial charge in [-0.25, -0.2) is 0 Å². The second kappa shape index (κ2) is 8.14. The van der Waals surface area contributed by atoms with Gasteiger partial charge in [0.15, 0.2) is 0 Å². The summed E-state index contributed by atoms with van der Waals surface area (Å²) < 4.78 is 0. The van der Waals surface area contributed by atoms with Crippen LogP contribution in [-0.2, 0) is 11.2 Å². The molecule has 1 aliphatic carbocycles. The molecule has 0 heterocycles. The first-order chi connectivity index (χ1) is 10.2. The molecule has 2 heteroatoms. The highest BCUT2D eigenvalue weighted by Crippen LogP contribution is 2.30. The summed E-state index contributed by atoms with van der Waals surface area (Å²) >= 11 is 0. The smallest absolute Gasteiger partial charge is 0.119 e. The number of allylic oxidation sites excluding steroid dienone is 1. The molecule has 2 rings (SSSR count). The monoisotopic (exact) mass is 285 g/mol. The summed E-state index contributed by atoms with van der Waals surface area (Å²) in [7, 11) is 0. The van der Waals surface area contributed by atoms with E-state index in [2.05, 4.69) is 37.3 Å². The fourth-order valence-corrected chi connectivity index (χ4v) is 3.09. The largest absolute Gasteiger partial charge is 0.328 e. The second-order valence-corrected chi connectivity index (χ2v) is 6.31. The molecule has 2 unspecified atom stereocenters. The highest BCUT2D eigenvalue weighted by Gasteiger charge is 2.19. The van der Waals surface area contributed by atoms with Crippen LogP contribution in [0.25, 0.3) is 6.08 Å². The molecule has 2 nitrogen and oxygen atoms in total. The summed E-state index contributed by atoms with van der Waals surface area (Å²) in [5.41, 5.74) is 10.2. The molecule has 0 aromatic heterocycles. The van der Waals surface area contributed by atoms with Crippen molar-refractivity contribution >= 4 is 12.4 Å². The van der Waals surface area contributed by atoms with Crippen molar-refractivity contribution < 1.29 is 4.79 Å². The Hall–Kier alpha value is -1.41. The Balaban J connectivity index is 1.91. The van der Waals surface area contributed by atoms with E-state index in [1.165, 1.54) is 16.7 Å². The van der Waals surface area contributed by atoms with Gasteiger partial charge < -0.3 is 10.5 Å². The maximum absolute atomic E-state index is 10.3. The number of nitrogens with two attached hydrogens (primary N) is 1. The number of aryl methyl sites for hydroxylation is 1. The quantitative estimate of drug-likeness (QED) is 0.631. The van der Waals surface area contributed by atoms with Crippen molar-refractivity contribution in [3.05, 3.63) is 41.0 Å². The minimum atomic E-state index is 0.380. The maximum Gasteiger partial charge on any atom is 0.119 e. The molecule has 1 saturated carbocycles. The maximum atomic E-state index is 10.3. The Morgan fingerprint density at radius 2 is 2.00 bits per heavy atom. The van der Waals surface area contributed by atoms with E-state index >= 15 is 0 Å². The van der Waals surface area contributed by atoms with Crippen LogP contribution in [0.15, 0.2) is 29.8 Å². The van der Waals surface area contributed by atoms with E-state index < -0.39 is 0 Å². The lowest BCUT2D eigenvalue weighted by molar-refractivity contribution is -0.107. The highest BCUT2D eigenvalue weighted by atomic mass is 16.1. The summed E-state index contributed by atoms with van der Waals surface area (Å²) in [5.74, 6) is 0.608. The standard InChI is InChI=1S/C19H27NO/c1-15-13-19(20)11-10-18(15)14-17-8-6-16(7-9-17)5-3-2-4-12-21/h6-9,12,14-15,19H,2-5,10-11,13,20H2,1H3. The van der Waals surface area contributed by atoms with Gasteiger partial charge in [0.25, 0.3) is 0 Å². The van der Waals surface area contributed by atoms with Gasteiger partial charge in [-0.15, -0.1) is 0 Å². The third-order valence-corrected chi connectivity index (χ3v) is 4.46. The molecule has 1 aromatic rings. The van der Waals surface area contributed by atoms with Gasteiger partial charge in [0, 0.05) is 12.5 Å². The number of hydrogen-bond acceptors (Lipinski definition) is 2. The molecule has 1 fully saturated rings. The van der Waals surface area contributed by atoms with E-state index in [-0.39, 0.29) is 0 Å². The lowest BCUT2D eigenvalue weighted by atomic mass is 9.82. The Labute approximate surface area is 128 Å². The number of aldehydes is 1. The van der Waals surface area contributed by atoms with Gasteiger partial charge >= 0.3 is 0 Å². The minimum Gasteiger partial charge on any atom is -0.328 e. The molecule has 0 saturated heterocycles. The molecule has 21 heavy (non-hydrogen) atoms. The van der Waals surface area contributed by atoms with E-state index in [1.54, 1.807) is 0 Å². The lowest BCUT2D eigenvalue weighted by Crippen LogP contribution is -2.27. The molecule has 0 amide bonds. The zero-order valence-electron chi connectivity index (χ0n) is 13.1. The number of hydrogen-bond donors (Lipinski definition) is 1. The molecule has 0 radical (unpaired) electrons. The van der Waals surface area contributed by atoms with Crippen molar-refractivity contribution in [1.29, 1.82) is 0 Å². The number of carbonyl (C=O) groups excluding carboxylic acids is 1. The van der Waals surface area contributed by atoms with Crippen molar-refractivity contribution in [3.63, 3.8) is 0 Å². The van der Waals surface area contributed by atoms with Gasteiger partial charge in [0.1, 0.15) is 6.29 Å². The van der Waals surface area contributed by atoms with E-state index in [1.807, 2.05) is 0 Å². The van der Waals surface area contributed by atoms with Crippen LogP contribution in [-0.4, -0.2) is 12.3 Å². The molecular formula is C19H27NO. The van der Waals surface area contributed by atoms with Crippen molar-refractivity contribution in [3.8, 4) is 0 Å². The molecule has 0 bridgehead atoms. The molecule has 2 atom stereocenters. The Morgan fingerprint density at radius 1 is 1.24 bits per heavy atom. The first-order valence-electron chi connectivity index (χ1n) is 8.17. The first kappa shape index (κ1) is 16.0. The van der Waals surface area contributed by atoms with Gasteiger partial charge in [-0.3, -0.25) is 0 Å². The zero-order chi connectivity index (χ0) is 15.1. The molecule has 2 N–H and O–H groups in total. The number of unbranched alkanes of at least 4 members (excludes halogenated alkanes) is 2.